The number of hydrogen-bond donors (Lipinski definition) is 1. The van der Waals surface area contributed by atoms with Gasteiger partial charge >= 0.3 is 0 Å². The van der Waals surface area contributed by atoms with Crippen molar-refractivity contribution in [3.05, 3.63) is 64.7 Å². The highest BCUT2D eigenvalue weighted by Crippen LogP contribution is 2.07. The molecule has 0 spiro atoms. The fourth-order valence-electron chi connectivity index (χ4n) is 1.08. The molecule has 2 heteroatoms. The minimum atomic E-state index is 0.801. The summed E-state index contributed by atoms with van der Waals surface area (Å²) >= 11 is 9.74. The molecule has 0 fully saturated rings. The van der Waals surface area contributed by atoms with E-state index < -0.39 is 0 Å². The summed E-state index contributed by atoms with van der Waals surface area (Å²) in [4.78, 5) is 1.02. The Labute approximate surface area is 135 Å². The minimum Gasteiger partial charge on any atom is -0.143 e. The Bertz CT molecular complexity index is 333. The quantitative estimate of drug-likeness (QED) is 0.498. The molecule has 0 amide bonds. The van der Waals surface area contributed by atoms with Gasteiger partial charge in [0.25, 0.3) is 0 Å². The van der Waals surface area contributed by atoms with Crippen LogP contribution in [0, 0.1) is 13.8 Å². The van der Waals surface area contributed by atoms with Gasteiger partial charge < -0.3 is 0 Å². The van der Waals surface area contributed by atoms with Crippen LogP contribution in [0.3, 0.4) is 0 Å². The summed E-state index contributed by atoms with van der Waals surface area (Å²) in [5, 5.41) is 0.801. The van der Waals surface area contributed by atoms with Gasteiger partial charge in [-0.2, -0.15) is 0 Å². The zero-order valence-corrected chi connectivity index (χ0v) is 15.1. The van der Waals surface area contributed by atoms with Crippen molar-refractivity contribution in [2.45, 2.75) is 46.4 Å². The predicted molar refractivity (Wildman–Crippen MR) is 97.3 cm³/mol. The Hall–Kier alpha value is -0.920. The summed E-state index contributed by atoms with van der Waals surface area (Å²) in [6.45, 7) is 12.1. The van der Waals surface area contributed by atoms with Crippen molar-refractivity contribution in [2.24, 2.45) is 0 Å². The molecule has 0 bridgehead atoms. The number of halogens is 1. The third kappa shape index (κ3) is 12.1. The van der Waals surface area contributed by atoms with E-state index in [4.69, 9.17) is 11.6 Å². The van der Waals surface area contributed by atoms with Crippen LogP contribution >= 0.6 is 24.2 Å². The molecule has 0 N–H and O–H groups in total. The molecule has 0 aliphatic heterocycles. The molecule has 0 saturated carbocycles. The standard InChI is InChI=1S/C7H7Cl.C7H8S.2C2H6/c2*1-6-2-4-7(8)5-3-6;2*1-2/h2-5H,1H3;2-5,8H,1H3;2*1-2H3. The van der Waals surface area contributed by atoms with Crippen LogP contribution in [0.4, 0.5) is 0 Å². The maximum Gasteiger partial charge on any atom is 0.0406 e. The summed E-state index contributed by atoms with van der Waals surface area (Å²) in [5.41, 5.74) is 2.53. The molecule has 0 unspecified atom stereocenters. The van der Waals surface area contributed by atoms with Crippen molar-refractivity contribution in [1.29, 1.82) is 0 Å². The van der Waals surface area contributed by atoms with Crippen LogP contribution in [0.1, 0.15) is 38.8 Å². The van der Waals surface area contributed by atoms with E-state index in [0.29, 0.717) is 0 Å². The van der Waals surface area contributed by atoms with E-state index in [9.17, 15) is 0 Å². The van der Waals surface area contributed by atoms with Crippen molar-refractivity contribution in [2.75, 3.05) is 0 Å². The van der Waals surface area contributed by atoms with E-state index in [1.807, 2.05) is 83.1 Å². The zero-order valence-electron chi connectivity index (χ0n) is 13.4. The second-order valence-electron chi connectivity index (χ2n) is 3.63. The lowest BCUT2D eigenvalue weighted by molar-refractivity contribution is 1.39. The third-order valence-corrected chi connectivity index (χ3v) is 2.59. The van der Waals surface area contributed by atoms with E-state index in [2.05, 4.69) is 19.6 Å². The molecule has 2 aromatic carbocycles. The van der Waals surface area contributed by atoms with Crippen LogP contribution in [0.25, 0.3) is 0 Å². The van der Waals surface area contributed by atoms with Gasteiger partial charge in [0.15, 0.2) is 0 Å². The number of rotatable bonds is 0. The highest BCUT2D eigenvalue weighted by molar-refractivity contribution is 7.80. The van der Waals surface area contributed by atoms with E-state index in [0.717, 1.165) is 9.92 Å². The molecule has 0 atom stereocenters. The van der Waals surface area contributed by atoms with Gasteiger partial charge in [-0.25, -0.2) is 0 Å². The molecule has 2 aromatic rings. The summed E-state index contributed by atoms with van der Waals surface area (Å²) in [5.74, 6) is 0. The van der Waals surface area contributed by atoms with E-state index in [1.54, 1.807) is 0 Å². The molecule has 112 valence electrons. The third-order valence-electron chi connectivity index (χ3n) is 2.04. The summed E-state index contributed by atoms with van der Waals surface area (Å²) < 4.78 is 0. The van der Waals surface area contributed by atoms with Gasteiger partial charge in [-0.3, -0.25) is 0 Å². The van der Waals surface area contributed by atoms with Gasteiger partial charge in [-0.1, -0.05) is 74.7 Å². The first kappa shape index (κ1) is 21.4. The van der Waals surface area contributed by atoms with E-state index in [1.165, 1.54) is 11.1 Å². The van der Waals surface area contributed by atoms with Gasteiger partial charge in [0.05, 0.1) is 0 Å². The van der Waals surface area contributed by atoms with Crippen molar-refractivity contribution in [3.63, 3.8) is 0 Å². The van der Waals surface area contributed by atoms with Crippen molar-refractivity contribution in [3.8, 4) is 0 Å². The molecule has 0 aromatic heterocycles. The van der Waals surface area contributed by atoms with Gasteiger partial charge in [0.2, 0.25) is 0 Å². The van der Waals surface area contributed by atoms with Crippen LogP contribution in [-0.4, -0.2) is 0 Å². The Morgan fingerprint density at radius 3 is 1.20 bits per heavy atom. The maximum absolute atomic E-state index is 5.61. The van der Waals surface area contributed by atoms with Gasteiger partial charge in [0.1, 0.15) is 0 Å². The van der Waals surface area contributed by atoms with Crippen LogP contribution in [0.2, 0.25) is 5.02 Å². The van der Waals surface area contributed by atoms with E-state index >= 15 is 0 Å². The maximum atomic E-state index is 5.61. The van der Waals surface area contributed by atoms with Crippen LogP contribution in [-0.2, 0) is 0 Å². The molecular weight excluding hydrogens is 284 g/mol. The minimum absolute atomic E-state index is 0.801. The lowest BCUT2D eigenvalue weighted by atomic mass is 10.2. The molecule has 0 aliphatic rings. The molecule has 0 radical (unpaired) electrons. The lowest BCUT2D eigenvalue weighted by Gasteiger charge is -1.89. The normalized spacial score (nSPS) is 8.00. The van der Waals surface area contributed by atoms with E-state index in [-0.39, 0.29) is 0 Å². The second-order valence-corrected chi connectivity index (χ2v) is 4.58. The fraction of sp³-hybridized carbons (Fsp3) is 0.333. The average Bonchev–Trinajstić information content (AvgIpc) is 2.50. The Morgan fingerprint density at radius 2 is 0.950 bits per heavy atom. The highest BCUT2D eigenvalue weighted by Gasteiger charge is 1.82. The number of thiol groups is 1. The first-order valence-corrected chi connectivity index (χ1v) is 7.88. The summed E-state index contributed by atoms with van der Waals surface area (Å²) in [6.07, 6.45) is 0. The highest BCUT2D eigenvalue weighted by atomic mass is 35.5. The second kappa shape index (κ2) is 14.5. The van der Waals surface area contributed by atoms with Crippen molar-refractivity contribution in [1.82, 2.24) is 0 Å². The van der Waals surface area contributed by atoms with Crippen LogP contribution < -0.4 is 0 Å². The summed E-state index contributed by atoms with van der Waals surface area (Å²) in [6, 6.07) is 15.8. The number of benzene rings is 2. The van der Waals surface area contributed by atoms with Crippen LogP contribution in [0.5, 0.6) is 0 Å². The topological polar surface area (TPSA) is 0 Å². The molecule has 20 heavy (non-hydrogen) atoms. The zero-order chi connectivity index (χ0) is 16.0. The predicted octanol–water partition coefficient (Wildman–Crippen LogP) is 6.98. The van der Waals surface area contributed by atoms with Crippen LogP contribution in [0.15, 0.2) is 53.4 Å². The molecule has 0 saturated heterocycles. The van der Waals surface area contributed by atoms with Crippen molar-refractivity contribution < 1.29 is 0 Å². The largest absolute Gasteiger partial charge is 0.143 e. The fourth-order valence-corrected chi connectivity index (χ4v) is 1.35. The first-order valence-electron chi connectivity index (χ1n) is 7.06. The molecule has 0 heterocycles. The van der Waals surface area contributed by atoms with Crippen molar-refractivity contribution >= 4 is 24.2 Å². The molecule has 0 aliphatic carbocycles. The lowest BCUT2D eigenvalue weighted by Crippen LogP contribution is -1.67. The number of aryl methyl sites for hydroxylation is 2. The monoisotopic (exact) mass is 310 g/mol. The first-order chi connectivity index (χ1) is 9.58. The Kier molecular flexibility index (Phi) is 15.5. The molecule has 2 rings (SSSR count). The molecule has 0 nitrogen and oxygen atoms in total. The SMILES string of the molecule is CC.CC.Cc1ccc(Cl)cc1.Cc1ccc(S)cc1. The average molecular weight is 311 g/mol. The van der Waals surface area contributed by atoms with Gasteiger partial charge in [0, 0.05) is 9.92 Å². The van der Waals surface area contributed by atoms with Gasteiger partial charge in [-0.05, 0) is 38.1 Å². The Morgan fingerprint density at radius 1 is 0.650 bits per heavy atom. The smallest absolute Gasteiger partial charge is 0.0406 e. The molecular formula is C18H27ClS. The van der Waals surface area contributed by atoms with Gasteiger partial charge in [-0.15, -0.1) is 12.6 Å². The number of hydrogen-bond acceptors (Lipinski definition) is 1. The summed E-state index contributed by atoms with van der Waals surface area (Å²) in [7, 11) is 0. The Balaban J connectivity index is 0.